The molecule has 0 fully saturated rings. The molecular formula is C14H22NO4PS. The number of benzene rings is 1. The zero-order valence-electron chi connectivity index (χ0n) is 12.8. The second kappa shape index (κ2) is 6.86. The van der Waals surface area contributed by atoms with Gasteiger partial charge in [-0.15, -0.1) is 0 Å². The number of aliphatic carboxylic acids is 1. The maximum Gasteiger partial charge on any atom is 0.240 e. The van der Waals surface area contributed by atoms with Crippen molar-refractivity contribution in [3.63, 3.8) is 0 Å². The predicted octanol–water partition coefficient (Wildman–Crippen LogP) is 0.689. The molecule has 0 aliphatic carbocycles. The predicted molar refractivity (Wildman–Crippen MR) is 84.5 cm³/mol. The van der Waals surface area contributed by atoms with E-state index in [0.717, 1.165) is 5.56 Å². The van der Waals surface area contributed by atoms with Crippen molar-refractivity contribution in [1.82, 2.24) is 4.72 Å². The van der Waals surface area contributed by atoms with Crippen molar-refractivity contribution < 1.29 is 18.3 Å². The van der Waals surface area contributed by atoms with E-state index in [1.807, 2.05) is 26.9 Å². The summed E-state index contributed by atoms with van der Waals surface area (Å²) >= 11 is 0. The monoisotopic (exact) mass is 331 g/mol. The van der Waals surface area contributed by atoms with Gasteiger partial charge in [0.1, 0.15) is 0 Å². The molecule has 0 aliphatic heterocycles. The molecule has 1 aromatic carbocycles. The van der Waals surface area contributed by atoms with Crippen molar-refractivity contribution in [2.75, 3.05) is 26.2 Å². The topological polar surface area (TPSA) is 86.3 Å². The van der Waals surface area contributed by atoms with Crippen molar-refractivity contribution in [2.45, 2.75) is 24.3 Å². The summed E-state index contributed by atoms with van der Waals surface area (Å²) < 4.78 is 27.1. The third-order valence-electron chi connectivity index (χ3n) is 2.83. The normalized spacial score (nSPS) is 13.9. The molecule has 0 heterocycles. The van der Waals surface area contributed by atoms with Gasteiger partial charge in [-0.3, -0.25) is 0 Å². The first kappa shape index (κ1) is 18.1. The number of carbonyl (C=O) groups excluding carboxylic acids is 1. The Bertz CT molecular complexity index is 590. The summed E-state index contributed by atoms with van der Waals surface area (Å²) in [5.74, 6) is -1.25. The fourth-order valence-electron chi connectivity index (χ4n) is 2.01. The summed E-state index contributed by atoms with van der Waals surface area (Å²) in [4.78, 5) is 11.0. The van der Waals surface area contributed by atoms with Crippen molar-refractivity contribution in [1.29, 1.82) is 0 Å². The molecule has 0 spiro atoms. The second-order valence-electron chi connectivity index (χ2n) is 6.18. The van der Waals surface area contributed by atoms with Crippen LogP contribution in [0.4, 0.5) is 0 Å². The van der Waals surface area contributed by atoms with E-state index >= 15 is 0 Å². The Hall–Kier alpha value is -0.970. The van der Waals surface area contributed by atoms with E-state index in [1.165, 1.54) is 12.1 Å². The first-order chi connectivity index (χ1) is 9.49. The number of carboxylic acid groups (broad SMARTS) is 1. The van der Waals surface area contributed by atoms with E-state index < -0.39 is 29.3 Å². The highest BCUT2D eigenvalue weighted by atomic mass is 32.2. The Morgan fingerprint density at radius 2 is 1.76 bits per heavy atom. The Balaban J connectivity index is 2.95. The molecule has 0 saturated heterocycles. The highest BCUT2D eigenvalue weighted by Crippen LogP contribution is 2.47. The fraction of sp³-hybridized carbons (Fsp3) is 0.500. The van der Waals surface area contributed by atoms with Crippen LogP contribution >= 0.6 is 7.26 Å². The van der Waals surface area contributed by atoms with Crippen LogP contribution in [-0.4, -0.2) is 46.6 Å². The van der Waals surface area contributed by atoms with Crippen molar-refractivity contribution in [3.05, 3.63) is 29.8 Å². The minimum absolute atomic E-state index is 0.142. The zero-order chi connectivity index (χ0) is 16.3. The smallest absolute Gasteiger partial charge is 0.240 e. The Morgan fingerprint density at radius 3 is 2.19 bits per heavy atom. The molecular weight excluding hydrogens is 309 g/mol. The van der Waals surface area contributed by atoms with E-state index in [9.17, 15) is 18.3 Å². The van der Waals surface area contributed by atoms with E-state index in [-0.39, 0.29) is 11.3 Å². The van der Waals surface area contributed by atoms with Gasteiger partial charge in [0.2, 0.25) is 10.0 Å². The average Bonchev–Trinajstić information content (AvgIpc) is 2.25. The van der Waals surface area contributed by atoms with Gasteiger partial charge in [0.15, 0.2) is 0 Å². The van der Waals surface area contributed by atoms with Gasteiger partial charge in [-0.05, 0) is 19.1 Å². The van der Waals surface area contributed by atoms with Gasteiger partial charge in [0.25, 0.3) is 0 Å². The number of rotatable bonds is 7. The maximum absolute atomic E-state index is 12.3. The molecule has 1 N–H and O–H groups in total. The maximum atomic E-state index is 12.3. The van der Waals surface area contributed by atoms with Gasteiger partial charge in [0.05, 0.1) is 17.1 Å². The number of nitrogens with one attached hydrogen (secondary N) is 1. The standard InChI is InChI=1S/C14H22NO4PS/c1-11-5-7-13(8-6-11)21(18,19)15-12(9-14(16)17)10-20(2,3)4/h5-8,12,15H,9-10H2,1-4H3/t12-/m0/s1. The van der Waals surface area contributed by atoms with E-state index in [1.54, 1.807) is 12.1 Å². The fourth-order valence-corrected chi connectivity index (χ4v) is 4.91. The number of carboxylic acids is 1. The number of hydrogen-bond acceptors (Lipinski definition) is 4. The molecule has 0 aromatic heterocycles. The Morgan fingerprint density at radius 1 is 1.24 bits per heavy atom. The van der Waals surface area contributed by atoms with Crippen molar-refractivity contribution in [3.8, 4) is 0 Å². The first-order valence-electron chi connectivity index (χ1n) is 6.59. The van der Waals surface area contributed by atoms with Crippen molar-refractivity contribution >= 4 is 23.3 Å². The summed E-state index contributed by atoms with van der Waals surface area (Å²) in [6.45, 7) is 7.98. The van der Waals surface area contributed by atoms with Crippen LogP contribution in [0.3, 0.4) is 0 Å². The van der Waals surface area contributed by atoms with Crippen LogP contribution in [-0.2, 0) is 14.8 Å². The highest BCUT2D eigenvalue weighted by molar-refractivity contribution is 7.89. The number of hydrogen-bond donors (Lipinski definition) is 1. The Kier molecular flexibility index (Phi) is 5.91. The third kappa shape index (κ3) is 6.55. The SMILES string of the molecule is Cc1ccc(S(=O)(=O)N[C@@H](CC(=O)[O-])C[P+](C)(C)C)cc1. The summed E-state index contributed by atoms with van der Waals surface area (Å²) in [6, 6.07) is 5.80. The van der Waals surface area contributed by atoms with Crippen LogP contribution < -0.4 is 9.83 Å². The number of sulfonamides is 1. The molecule has 118 valence electrons. The Labute approximate surface area is 127 Å². The average molecular weight is 331 g/mol. The number of aryl methyl sites for hydroxylation is 1. The van der Waals surface area contributed by atoms with Gasteiger partial charge in [-0.25, -0.2) is 13.1 Å². The van der Waals surface area contributed by atoms with Crippen LogP contribution in [0.2, 0.25) is 0 Å². The lowest BCUT2D eigenvalue weighted by Crippen LogP contribution is -2.42. The molecule has 5 nitrogen and oxygen atoms in total. The summed E-state index contributed by atoms with van der Waals surface area (Å²) in [6.07, 6.45) is 0.203. The van der Waals surface area contributed by atoms with Gasteiger partial charge in [0, 0.05) is 39.6 Å². The molecule has 7 heteroatoms. The van der Waals surface area contributed by atoms with E-state index in [2.05, 4.69) is 4.72 Å². The molecule has 21 heavy (non-hydrogen) atoms. The van der Waals surface area contributed by atoms with Gasteiger partial charge in [-0.2, -0.15) is 0 Å². The lowest BCUT2D eigenvalue weighted by molar-refractivity contribution is -0.306. The minimum atomic E-state index is -3.72. The van der Waals surface area contributed by atoms with Crippen LogP contribution in [0.25, 0.3) is 0 Å². The highest BCUT2D eigenvalue weighted by Gasteiger charge is 2.28. The lowest BCUT2D eigenvalue weighted by atomic mass is 10.2. The molecule has 0 unspecified atom stereocenters. The largest absolute Gasteiger partial charge is 0.550 e. The molecule has 0 bridgehead atoms. The molecule has 0 radical (unpaired) electrons. The van der Waals surface area contributed by atoms with Gasteiger partial charge in [-0.1, -0.05) is 17.7 Å². The third-order valence-corrected chi connectivity index (χ3v) is 5.91. The van der Waals surface area contributed by atoms with E-state index in [4.69, 9.17) is 0 Å². The molecule has 0 amide bonds. The molecule has 1 rings (SSSR count). The van der Waals surface area contributed by atoms with Crippen LogP contribution in [0.1, 0.15) is 12.0 Å². The van der Waals surface area contributed by atoms with Crippen LogP contribution in [0, 0.1) is 6.92 Å². The molecule has 1 aromatic rings. The van der Waals surface area contributed by atoms with E-state index in [0.29, 0.717) is 6.16 Å². The molecule has 0 aliphatic rings. The van der Waals surface area contributed by atoms with Gasteiger partial charge >= 0.3 is 0 Å². The number of carbonyl (C=O) groups is 1. The summed E-state index contributed by atoms with van der Waals surface area (Å²) in [5, 5.41) is 10.8. The molecule has 1 atom stereocenters. The van der Waals surface area contributed by atoms with Crippen molar-refractivity contribution in [2.24, 2.45) is 0 Å². The zero-order valence-corrected chi connectivity index (χ0v) is 14.5. The summed E-state index contributed by atoms with van der Waals surface area (Å²) in [7, 11) is -5.05. The van der Waals surface area contributed by atoms with Gasteiger partial charge < -0.3 is 9.90 Å². The summed E-state index contributed by atoms with van der Waals surface area (Å²) in [5.41, 5.74) is 0.959. The van der Waals surface area contributed by atoms with Crippen LogP contribution in [0.15, 0.2) is 29.2 Å². The second-order valence-corrected chi connectivity index (χ2v) is 12.8. The molecule has 0 saturated carbocycles. The quantitative estimate of drug-likeness (QED) is 0.745. The first-order valence-corrected chi connectivity index (χ1v) is 11.4. The van der Waals surface area contributed by atoms with Crippen LogP contribution in [0.5, 0.6) is 0 Å². The lowest BCUT2D eigenvalue weighted by Gasteiger charge is -2.22. The minimum Gasteiger partial charge on any atom is -0.550 e.